The van der Waals surface area contributed by atoms with Crippen LogP contribution in [0.25, 0.3) is 0 Å². The fourth-order valence-electron chi connectivity index (χ4n) is 1.17. The Balaban J connectivity index is 0. The first-order chi connectivity index (χ1) is 3.83. The van der Waals surface area contributed by atoms with Crippen LogP contribution in [0.2, 0.25) is 0 Å². The molecule has 1 N–H and O–H groups in total. The van der Waals surface area contributed by atoms with Crippen molar-refractivity contribution in [3.63, 3.8) is 0 Å². The Morgan fingerprint density at radius 3 is 2.20 bits per heavy atom. The topological polar surface area (TPSA) is 15.3 Å². The molecule has 0 aromatic rings. The first kappa shape index (κ1) is 13.1. The van der Waals surface area contributed by atoms with Crippen LogP contribution in [0, 0.1) is 0 Å². The second-order valence-corrected chi connectivity index (χ2v) is 2.54. The highest BCUT2D eigenvalue weighted by Crippen LogP contribution is 2.04. The van der Waals surface area contributed by atoms with Crippen molar-refractivity contribution in [1.82, 2.24) is 10.2 Å². The standard InChI is InChI=1S/C6H14N2.2ClH/c1-7-6-3-4-8(2)5-6;;/h6-7H,3-5H2,1-2H3;2*1H. The van der Waals surface area contributed by atoms with Crippen molar-refractivity contribution < 1.29 is 0 Å². The highest BCUT2D eigenvalue weighted by Gasteiger charge is 2.16. The summed E-state index contributed by atoms with van der Waals surface area (Å²) in [6, 6.07) is 0.750. The number of hydrogen-bond donors (Lipinski definition) is 1. The van der Waals surface area contributed by atoms with E-state index < -0.39 is 0 Å². The summed E-state index contributed by atoms with van der Waals surface area (Å²) < 4.78 is 0. The van der Waals surface area contributed by atoms with Crippen LogP contribution in [0.4, 0.5) is 0 Å². The molecule has 1 heterocycles. The first-order valence-corrected chi connectivity index (χ1v) is 3.18. The molecule has 0 radical (unpaired) electrons. The molecule has 0 spiro atoms. The lowest BCUT2D eigenvalue weighted by atomic mass is 10.3. The van der Waals surface area contributed by atoms with Crippen LogP contribution in [-0.4, -0.2) is 38.1 Å². The minimum absolute atomic E-state index is 0. The zero-order valence-electron chi connectivity index (χ0n) is 6.46. The average molecular weight is 187 g/mol. The molecule has 0 amide bonds. The van der Waals surface area contributed by atoms with Gasteiger partial charge in [0.05, 0.1) is 0 Å². The maximum absolute atomic E-state index is 3.25. The average Bonchev–Trinajstić information content (AvgIpc) is 2.14. The molecule has 1 saturated heterocycles. The van der Waals surface area contributed by atoms with Crippen LogP contribution in [0.3, 0.4) is 0 Å². The van der Waals surface area contributed by atoms with Gasteiger partial charge in [-0.3, -0.25) is 0 Å². The lowest BCUT2D eigenvalue weighted by molar-refractivity contribution is 0.403. The van der Waals surface area contributed by atoms with Crippen molar-refractivity contribution in [3.05, 3.63) is 0 Å². The molecule has 0 aromatic carbocycles. The van der Waals surface area contributed by atoms with Gasteiger partial charge in [-0.25, -0.2) is 0 Å². The van der Waals surface area contributed by atoms with E-state index >= 15 is 0 Å². The van der Waals surface area contributed by atoms with Crippen LogP contribution in [0.15, 0.2) is 0 Å². The summed E-state index contributed by atoms with van der Waals surface area (Å²) in [7, 11) is 4.20. The minimum Gasteiger partial charge on any atom is -0.316 e. The molecule has 0 aliphatic carbocycles. The molecule has 0 saturated carbocycles. The Morgan fingerprint density at radius 2 is 2.00 bits per heavy atom. The zero-order valence-corrected chi connectivity index (χ0v) is 8.10. The van der Waals surface area contributed by atoms with E-state index in [0.717, 1.165) is 6.04 Å². The van der Waals surface area contributed by atoms with Gasteiger partial charge in [-0.2, -0.15) is 0 Å². The van der Waals surface area contributed by atoms with Gasteiger partial charge in [-0.1, -0.05) is 0 Å². The molecule has 1 aliphatic heterocycles. The third-order valence-corrected chi connectivity index (χ3v) is 1.80. The Labute approximate surface area is 75.2 Å². The van der Waals surface area contributed by atoms with Gasteiger partial charge in [0.25, 0.3) is 0 Å². The summed E-state index contributed by atoms with van der Waals surface area (Å²) in [5.74, 6) is 0. The van der Waals surface area contributed by atoms with Gasteiger partial charge in [-0.15, -0.1) is 24.8 Å². The normalized spacial score (nSPS) is 25.2. The van der Waals surface area contributed by atoms with E-state index in [1.165, 1.54) is 19.5 Å². The summed E-state index contributed by atoms with van der Waals surface area (Å²) in [4.78, 5) is 2.35. The molecular weight excluding hydrogens is 171 g/mol. The number of halogens is 2. The largest absolute Gasteiger partial charge is 0.316 e. The number of likely N-dealkylation sites (N-methyl/N-ethyl adjacent to an activating group) is 2. The fourth-order valence-corrected chi connectivity index (χ4v) is 1.17. The Hall–Kier alpha value is 0.500. The minimum atomic E-state index is 0. The maximum Gasteiger partial charge on any atom is 0.0204 e. The molecule has 0 bridgehead atoms. The van der Waals surface area contributed by atoms with Crippen molar-refractivity contribution in [3.8, 4) is 0 Å². The van der Waals surface area contributed by atoms with E-state index in [9.17, 15) is 0 Å². The molecular formula is C6H16Cl2N2. The van der Waals surface area contributed by atoms with Crippen molar-refractivity contribution >= 4 is 24.8 Å². The van der Waals surface area contributed by atoms with Crippen molar-refractivity contribution in [2.45, 2.75) is 12.5 Å². The molecule has 1 unspecified atom stereocenters. The number of nitrogens with zero attached hydrogens (tertiary/aromatic N) is 1. The smallest absolute Gasteiger partial charge is 0.0204 e. The van der Waals surface area contributed by atoms with Gasteiger partial charge in [-0.05, 0) is 27.1 Å². The quantitative estimate of drug-likeness (QED) is 0.651. The maximum atomic E-state index is 3.25. The highest BCUT2D eigenvalue weighted by molar-refractivity contribution is 5.85. The number of hydrogen-bond acceptors (Lipinski definition) is 2. The summed E-state index contributed by atoms with van der Waals surface area (Å²) >= 11 is 0. The van der Waals surface area contributed by atoms with Crippen LogP contribution in [0.5, 0.6) is 0 Å². The van der Waals surface area contributed by atoms with Gasteiger partial charge in [0.15, 0.2) is 0 Å². The third kappa shape index (κ3) is 3.62. The van der Waals surface area contributed by atoms with Gasteiger partial charge >= 0.3 is 0 Å². The number of nitrogens with one attached hydrogen (secondary N) is 1. The molecule has 1 atom stereocenters. The fraction of sp³-hybridized carbons (Fsp3) is 1.00. The lowest BCUT2D eigenvalue weighted by Crippen LogP contribution is -2.27. The molecule has 4 heteroatoms. The second-order valence-electron chi connectivity index (χ2n) is 2.54. The molecule has 1 fully saturated rings. The summed E-state index contributed by atoms with van der Waals surface area (Å²) in [6.45, 7) is 2.47. The van der Waals surface area contributed by atoms with Crippen LogP contribution in [0.1, 0.15) is 6.42 Å². The monoisotopic (exact) mass is 186 g/mol. The predicted octanol–water partition coefficient (Wildman–Crippen LogP) is 0.753. The molecule has 2 nitrogen and oxygen atoms in total. The van der Waals surface area contributed by atoms with Crippen LogP contribution in [-0.2, 0) is 0 Å². The Morgan fingerprint density at radius 1 is 1.40 bits per heavy atom. The van der Waals surface area contributed by atoms with Gasteiger partial charge < -0.3 is 10.2 Å². The van der Waals surface area contributed by atoms with Gasteiger partial charge in [0.1, 0.15) is 0 Å². The van der Waals surface area contributed by atoms with Crippen LogP contribution >= 0.6 is 24.8 Å². The third-order valence-electron chi connectivity index (χ3n) is 1.80. The molecule has 10 heavy (non-hydrogen) atoms. The predicted molar refractivity (Wildman–Crippen MR) is 49.5 cm³/mol. The zero-order chi connectivity index (χ0) is 5.98. The summed E-state index contributed by atoms with van der Waals surface area (Å²) in [5, 5.41) is 3.25. The van der Waals surface area contributed by atoms with Crippen molar-refractivity contribution in [2.24, 2.45) is 0 Å². The van der Waals surface area contributed by atoms with E-state index in [0.29, 0.717) is 0 Å². The molecule has 1 aliphatic rings. The summed E-state index contributed by atoms with van der Waals surface area (Å²) in [5.41, 5.74) is 0. The number of likely N-dealkylation sites (tertiary alicyclic amines) is 1. The number of rotatable bonds is 1. The van der Waals surface area contributed by atoms with E-state index in [4.69, 9.17) is 0 Å². The Kier molecular flexibility index (Phi) is 8.17. The lowest BCUT2D eigenvalue weighted by Gasteiger charge is -2.07. The molecule has 1 rings (SSSR count). The summed E-state index contributed by atoms with van der Waals surface area (Å²) in [6.07, 6.45) is 1.31. The van der Waals surface area contributed by atoms with E-state index in [2.05, 4.69) is 17.3 Å². The van der Waals surface area contributed by atoms with Crippen molar-refractivity contribution in [1.29, 1.82) is 0 Å². The van der Waals surface area contributed by atoms with E-state index in [-0.39, 0.29) is 24.8 Å². The van der Waals surface area contributed by atoms with Crippen molar-refractivity contribution in [2.75, 3.05) is 27.2 Å². The first-order valence-electron chi connectivity index (χ1n) is 3.18. The highest BCUT2D eigenvalue weighted by atomic mass is 35.5. The molecule has 64 valence electrons. The van der Waals surface area contributed by atoms with Crippen LogP contribution < -0.4 is 5.32 Å². The molecule has 0 aromatic heterocycles. The van der Waals surface area contributed by atoms with E-state index in [1.54, 1.807) is 0 Å². The van der Waals surface area contributed by atoms with Gasteiger partial charge in [0.2, 0.25) is 0 Å². The van der Waals surface area contributed by atoms with Gasteiger partial charge in [0, 0.05) is 12.6 Å². The van der Waals surface area contributed by atoms with E-state index in [1.807, 2.05) is 7.05 Å². The second kappa shape index (κ2) is 6.23. The SMILES string of the molecule is CNC1CCN(C)C1.Cl.Cl. The Bertz CT molecular complexity index is 80.1.